The summed E-state index contributed by atoms with van der Waals surface area (Å²) in [6.07, 6.45) is -5.78. The van der Waals surface area contributed by atoms with Gasteiger partial charge in [0.25, 0.3) is 0 Å². The predicted molar refractivity (Wildman–Crippen MR) is 69.4 cm³/mol. The summed E-state index contributed by atoms with van der Waals surface area (Å²) in [6, 6.07) is 0. The Kier molecular flexibility index (Phi) is 46.2. The van der Waals surface area contributed by atoms with Gasteiger partial charge in [-0.25, -0.2) is 0 Å². The average molecular weight is 577 g/mol. The summed E-state index contributed by atoms with van der Waals surface area (Å²) in [6.45, 7) is -0.778. The summed E-state index contributed by atoms with van der Waals surface area (Å²) in [5, 5.41) is 73.0. The molecule has 179 valence electrons. The first-order valence-corrected chi connectivity index (χ1v) is 6.59. The first-order valence-electron chi connectivity index (χ1n) is 6.59. The van der Waals surface area contributed by atoms with Crippen LogP contribution >= 0.6 is 0 Å². The van der Waals surface area contributed by atoms with Crippen molar-refractivity contribution in [2.45, 2.75) is 25.0 Å². The number of aliphatic hydroxyl groups excluding tert-OH is 2. The summed E-state index contributed by atoms with van der Waals surface area (Å²) >= 11 is 0. The van der Waals surface area contributed by atoms with Crippen molar-refractivity contribution in [1.82, 2.24) is 0 Å². The van der Waals surface area contributed by atoms with Crippen LogP contribution in [0.15, 0.2) is 0 Å². The SMILES string of the molecule is NCC(=O)[O-].NCC(=O)[O-].O=C([O-])CC(O)C(=O)[O-].O=C([O-])CC(O)C(=O)[O-].[Mn+2].[Mn+2].[Mn+2]. The van der Waals surface area contributed by atoms with E-state index in [1.165, 1.54) is 0 Å². The fourth-order valence-electron chi connectivity index (χ4n) is 0.482. The van der Waals surface area contributed by atoms with Gasteiger partial charge in [-0.2, -0.15) is 0 Å². The third-order valence-electron chi connectivity index (χ3n) is 1.60. The number of carbonyl (C=O) groups excluding carboxylic acids is 6. The number of nitrogens with two attached hydrogens (primary N) is 2. The Morgan fingerprint density at radius 2 is 0.710 bits per heavy atom. The zero-order valence-electron chi connectivity index (χ0n) is 15.1. The van der Waals surface area contributed by atoms with Crippen molar-refractivity contribution in [3.8, 4) is 0 Å². The van der Waals surface area contributed by atoms with Gasteiger partial charge in [-0.15, -0.1) is 0 Å². The maximum Gasteiger partial charge on any atom is 2.00 e. The minimum absolute atomic E-state index is 0. The van der Waals surface area contributed by atoms with E-state index in [1.54, 1.807) is 0 Å². The Morgan fingerprint density at radius 3 is 0.742 bits per heavy atom. The number of carboxylic acids is 6. The van der Waals surface area contributed by atoms with E-state index in [0.29, 0.717) is 0 Å². The Morgan fingerprint density at radius 1 is 0.548 bits per heavy atom. The van der Waals surface area contributed by atoms with E-state index < -0.39 is 60.9 Å². The topological polar surface area (TPSA) is 333 Å². The largest absolute Gasteiger partial charge is 2.00 e. The molecule has 2 unspecified atom stereocenters. The van der Waals surface area contributed by atoms with Gasteiger partial charge in [0.1, 0.15) is 0 Å². The van der Waals surface area contributed by atoms with Crippen molar-refractivity contribution < 1.29 is 121 Å². The summed E-state index contributed by atoms with van der Waals surface area (Å²) < 4.78 is 0. The first-order chi connectivity index (χ1) is 12.6. The van der Waals surface area contributed by atoms with Crippen LogP contribution in [0.2, 0.25) is 0 Å². The number of hydrogen-bond acceptors (Lipinski definition) is 16. The molecule has 3 radical (unpaired) electrons. The first kappa shape index (κ1) is 47.1. The molecule has 0 aliphatic rings. The molecule has 0 aromatic carbocycles. The number of hydrogen-bond donors (Lipinski definition) is 4. The van der Waals surface area contributed by atoms with E-state index in [2.05, 4.69) is 11.5 Å². The molecule has 0 aromatic rings. The number of aliphatic carboxylic acids is 6. The molecule has 16 nitrogen and oxygen atoms in total. The molecule has 19 heteroatoms. The van der Waals surface area contributed by atoms with Crippen LogP contribution in [-0.4, -0.2) is 71.3 Å². The Balaban J connectivity index is -0.0000000497. The molecular formula is C12H16Mn3N2O14. The van der Waals surface area contributed by atoms with Gasteiger partial charge in [0.2, 0.25) is 0 Å². The molecule has 0 saturated heterocycles. The van der Waals surface area contributed by atoms with Gasteiger partial charge in [0, 0.05) is 37.9 Å². The maximum atomic E-state index is 9.58. The van der Waals surface area contributed by atoms with Crippen LogP contribution in [0.1, 0.15) is 12.8 Å². The van der Waals surface area contributed by atoms with Crippen molar-refractivity contribution in [3.05, 3.63) is 0 Å². The zero-order chi connectivity index (χ0) is 23.4. The molecule has 0 aromatic heterocycles. The van der Waals surface area contributed by atoms with Crippen LogP contribution in [0.4, 0.5) is 0 Å². The third-order valence-corrected chi connectivity index (χ3v) is 1.60. The smallest absolute Gasteiger partial charge is 0.550 e. The standard InChI is InChI=1S/2C4H6O5.2C2H5NO2.3Mn/c2*5-2(4(8)9)1-3(6)7;2*3-1-2(4)5;;;/h2*2,5H,1H2,(H,6,7)(H,8,9);2*1,3H2,(H,4,5);;;/q;;;;3*+2/p-6. The van der Waals surface area contributed by atoms with Crippen LogP contribution in [0.5, 0.6) is 0 Å². The second-order valence-electron chi connectivity index (χ2n) is 3.97. The van der Waals surface area contributed by atoms with Gasteiger partial charge in [-0.05, 0) is 0 Å². The van der Waals surface area contributed by atoms with E-state index >= 15 is 0 Å². The van der Waals surface area contributed by atoms with Crippen LogP contribution in [0.25, 0.3) is 0 Å². The number of carbonyl (C=O) groups is 6. The van der Waals surface area contributed by atoms with E-state index in [0.717, 1.165) is 0 Å². The predicted octanol–water partition coefficient (Wildman–Crippen LogP) is -12.1. The number of carboxylic acid groups (broad SMARTS) is 6. The minimum Gasteiger partial charge on any atom is -0.550 e. The average Bonchev–Trinajstić information content (AvgIpc) is 2.55. The van der Waals surface area contributed by atoms with Gasteiger partial charge in [-0.1, -0.05) is 0 Å². The fourth-order valence-corrected chi connectivity index (χ4v) is 0.482. The molecule has 2 atom stereocenters. The van der Waals surface area contributed by atoms with Crippen LogP contribution in [-0.2, 0) is 80.0 Å². The van der Waals surface area contributed by atoms with Crippen molar-refractivity contribution >= 4 is 35.8 Å². The molecule has 6 N–H and O–H groups in total. The molecule has 0 aliphatic heterocycles. The summed E-state index contributed by atoms with van der Waals surface area (Å²) in [5.41, 5.74) is 9.02. The summed E-state index contributed by atoms with van der Waals surface area (Å²) in [7, 11) is 0. The number of aliphatic hydroxyl groups is 2. The minimum atomic E-state index is -1.96. The Labute approximate surface area is 206 Å². The van der Waals surface area contributed by atoms with Crippen LogP contribution < -0.4 is 42.1 Å². The molecule has 31 heavy (non-hydrogen) atoms. The van der Waals surface area contributed by atoms with Crippen molar-refractivity contribution in [1.29, 1.82) is 0 Å². The van der Waals surface area contributed by atoms with Gasteiger partial charge in [0.15, 0.2) is 0 Å². The van der Waals surface area contributed by atoms with E-state index in [-0.39, 0.29) is 64.3 Å². The van der Waals surface area contributed by atoms with E-state index in [4.69, 9.17) is 30.0 Å². The van der Waals surface area contributed by atoms with Gasteiger partial charge in [0.05, 0.1) is 36.1 Å². The molecule has 0 saturated carbocycles. The summed E-state index contributed by atoms with van der Waals surface area (Å²) in [4.78, 5) is 56.5. The second kappa shape index (κ2) is 30.4. The van der Waals surface area contributed by atoms with E-state index in [1.807, 2.05) is 0 Å². The molecule has 0 fully saturated rings. The molecule has 0 heterocycles. The quantitative estimate of drug-likeness (QED) is 0.195. The van der Waals surface area contributed by atoms with Gasteiger partial charge < -0.3 is 81.1 Å². The van der Waals surface area contributed by atoms with Crippen LogP contribution in [0.3, 0.4) is 0 Å². The van der Waals surface area contributed by atoms with Gasteiger partial charge >= 0.3 is 51.2 Å². The third kappa shape index (κ3) is 58.4. The van der Waals surface area contributed by atoms with Crippen molar-refractivity contribution in [2.75, 3.05) is 13.1 Å². The maximum absolute atomic E-state index is 9.58. The summed E-state index contributed by atoms with van der Waals surface area (Å²) in [5.74, 6) is -9.29. The second-order valence-corrected chi connectivity index (χ2v) is 3.97. The fraction of sp³-hybridized carbons (Fsp3) is 0.500. The monoisotopic (exact) mass is 577 g/mol. The van der Waals surface area contributed by atoms with Crippen molar-refractivity contribution in [2.24, 2.45) is 11.5 Å². The Bertz CT molecular complexity index is 489. The Hall–Kier alpha value is -1.78. The molecule has 0 spiro atoms. The molecule has 0 amide bonds. The molecular weight excluding hydrogens is 561 g/mol. The molecule has 0 aliphatic carbocycles. The molecule has 0 bridgehead atoms. The van der Waals surface area contributed by atoms with E-state index in [9.17, 15) is 39.6 Å². The van der Waals surface area contributed by atoms with Crippen LogP contribution in [0, 0.1) is 0 Å². The normalized spacial score (nSPS) is 9.68. The van der Waals surface area contributed by atoms with Crippen molar-refractivity contribution in [3.63, 3.8) is 0 Å². The van der Waals surface area contributed by atoms with Gasteiger partial charge in [-0.3, -0.25) is 0 Å². The number of rotatable bonds is 8. The zero-order valence-corrected chi connectivity index (χ0v) is 18.6. The molecule has 0 rings (SSSR count).